The van der Waals surface area contributed by atoms with Crippen molar-refractivity contribution in [2.24, 2.45) is 0 Å². The average molecular weight is 400 g/mol. The number of anilines is 1. The first-order chi connectivity index (χ1) is 12.1. The summed E-state index contributed by atoms with van der Waals surface area (Å²) in [5, 5.41) is 2.41. The maximum Gasteiger partial charge on any atom is 0.340 e. The van der Waals surface area contributed by atoms with Gasteiger partial charge in [-0.3, -0.25) is 4.79 Å². The van der Waals surface area contributed by atoms with Crippen LogP contribution in [0.25, 0.3) is 0 Å². The maximum atomic E-state index is 13.2. The largest absolute Gasteiger partial charge is 0.452 e. The maximum absolute atomic E-state index is 13.2. The molecule has 0 saturated heterocycles. The van der Waals surface area contributed by atoms with Gasteiger partial charge in [0.2, 0.25) is 0 Å². The minimum atomic E-state index is -3.54. The molecular formula is C17H15ClFNO5S. The highest BCUT2D eigenvalue weighted by Crippen LogP contribution is 2.21. The van der Waals surface area contributed by atoms with Gasteiger partial charge in [-0.25, -0.2) is 17.6 Å². The van der Waals surface area contributed by atoms with E-state index in [1.165, 1.54) is 24.3 Å². The van der Waals surface area contributed by atoms with Gasteiger partial charge in [-0.1, -0.05) is 17.7 Å². The molecule has 2 aromatic rings. The van der Waals surface area contributed by atoms with E-state index in [1.54, 1.807) is 6.92 Å². The molecule has 0 aliphatic rings. The lowest BCUT2D eigenvalue weighted by molar-refractivity contribution is -0.119. The summed E-state index contributed by atoms with van der Waals surface area (Å²) in [5.74, 6) is -2.15. The van der Waals surface area contributed by atoms with Crippen LogP contribution in [0, 0.1) is 12.7 Å². The van der Waals surface area contributed by atoms with E-state index >= 15 is 0 Å². The Labute approximate surface area is 154 Å². The van der Waals surface area contributed by atoms with E-state index in [4.69, 9.17) is 16.3 Å². The predicted molar refractivity (Wildman–Crippen MR) is 94.6 cm³/mol. The van der Waals surface area contributed by atoms with Gasteiger partial charge in [0.25, 0.3) is 5.91 Å². The number of hydrogen-bond acceptors (Lipinski definition) is 5. The molecular weight excluding hydrogens is 385 g/mol. The van der Waals surface area contributed by atoms with E-state index in [2.05, 4.69) is 5.32 Å². The highest BCUT2D eigenvalue weighted by Gasteiger charge is 2.18. The first-order valence-electron chi connectivity index (χ1n) is 7.30. The molecule has 0 unspecified atom stereocenters. The van der Waals surface area contributed by atoms with Crippen LogP contribution in [0.1, 0.15) is 15.9 Å². The number of hydrogen-bond donors (Lipinski definition) is 1. The van der Waals surface area contributed by atoms with Crippen LogP contribution in [0.2, 0.25) is 5.02 Å². The van der Waals surface area contributed by atoms with Crippen molar-refractivity contribution in [2.75, 3.05) is 18.2 Å². The third kappa shape index (κ3) is 5.03. The Morgan fingerprint density at radius 3 is 2.54 bits per heavy atom. The molecule has 2 rings (SSSR count). The summed E-state index contributed by atoms with van der Waals surface area (Å²) in [6.07, 6.45) is 0.986. The lowest BCUT2D eigenvalue weighted by Gasteiger charge is -2.10. The predicted octanol–water partition coefficient (Wildman–Crippen LogP) is 2.99. The molecule has 138 valence electrons. The molecule has 0 fully saturated rings. The monoisotopic (exact) mass is 399 g/mol. The number of aryl methyl sites for hydroxylation is 1. The molecule has 0 radical (unpaired) electrons. The number of esters is 1. The number of rotatable bonds is 5. The number of benzene rings is 2. The van der Waals surface area contributed by atoms with Crippen LogP contribution in [0.4, 0.5) is 10.1 Å². The third-order valence-electron chi connectivity index (χ3n) is 3.39. The average Bonchev–Trinajstić information content (AvgIpc) is 2.55. The molecule has 0 aliphatic heterocycles. The van der Waals surface area contributed by atoms with Gasteiger partial charge in [0.1, 0.15) is 5.82 Å². The molecule has 0 bridgehead atoms. The topological polar surface area (TPSA) is 89.5 Å². The summed E-state index contributed by atoms with van der Waals surface area (Å²) in [6, 6.07) is 7.48. The van der Waals surface area contributed by atoms with Crippen molar-refractivity contribution >= 4 is 39.0 Å². The summed E-state index contributed by atoms with van der Waals surface area (Å²) in [7, 11) is -3.54. The van der Waals surface area contributed by atoms with Crippen molar-refractivity contribution in [1.82, 2.24) is 0 Å². The second kappa shape index (κ2) is 7.84. The summed E-state index contributed by atoms with van der Waals surface area (Å²) >= 11 is 5.89. The minimum absolute atomic E-state index is 0.0104. The Morgan fingerprint density at radius 2 is 1.88 bits per heavy atom. The standard InChI is InChI=1S/C17H15ClFNO5S/c1-10-3-4-11(19)7-15(10)20-16(21)9-25-17(22)13-8-12(26(2,23)24)5-6-14(13)18/h3-8H,9H2,1-2H3,(H,20,21). The van der Waals surface area contributed by atoms with Gasteiger partial charge < -0.3 is 10.1 Å². The SMILES string of the molecule is Cc1ccc(F)cc1NC(=O)COC(=O)c1cc(S(C)(=O)=O)ccc1Cl. The van der Waals surface area contributed by atoms with Gasteiger partial charge in [0, 0.05) is 11.9 Å². The van der Waals surface area contributed by atoms with Crippen molar-refractivity contribution < 1.29 is 27.1 Å². The first-order valence-corrected chi connectivity index (χ1v) is 9.57. The normalized spacial score (nSPS) is 11.1. The third-order valence-corrected chi connectivity index (χ3v) is 4.83. The van der Waals surface area contributed by atoms with Gasteiger partial charge in [-0.15, -0.1) is 0 Å². The number of halogens is 2. The van der Waals surface area contributed by atoms with Gasteiger partial charge >= 0.3 is 5.97 Å². The highest BCUT2D eigenvalue weighted by molar-refractivity contribution is 7.90. The van der Waals surface area contributed by atoms with E-state index in [0.29, 0.717) is 5.56 Å². The summed E-state index contributed by atoms with van der Waals surface area (Å²) in [4.78, 5) is 23.9. The molecule has 0 saturated carbocycles. The smallest absolute Gasteiger partial charge is 0.340 e. The van der Waals surface area contributed by atoms with E-state index < -0.39 is 34.1 Å². The van der Waals surface area contributed by atoms with Crippen molar-refractivity contribution in [2.45, 2.75) is 11.8 Å². The second-order valence-corrected chi connectivity index (χ2v) is 7.92. The van der Waals surface area contributed by atoms with Crippen LogP contribution in [-0.2, 0) is 19.4 Å². The second-order valence-electron chi connectivity index (χ2n) is 5.50. The zero-order valence-electron chi connectivity index (χ0n) is 13.9. The Kier molecular flexibility index (Phi) is 5.99. The zero-order valence-corrected chi connectivity index (χ0v) is 15.4. The highest BCUT2D eigenvalue weighted by atomic mass is 35.5. The quantitative estimate of drug-likeness (QED) is 0.780. The fraction of sp³-hybridized carbons (Fsp3) is 0.176. The number of nitrogens with one attached hydrogen (secondary N) is 1. The fourth-order valence-corrected chi connectivity index (χ4v) is 2.86. The van der Waals surface area contributed by atoms with Crippen molar-refractivity contribution in [3.8, 4) is 0 Å². The molecule has 1 amide bonds. The molecule has 0 atom stereocenters. The van der Waals surface area contributed by atoms with E-state index in [0.717, 1.165) is 18.4 Å². The Balaban J connectivity index is 2.06. The summed E-state index contributed by atoms with van der Waals surface area (Å²) in [6.45, 7) is 1.03. The van der Waals surface area contributed by atoms with Gasteiger partial charge in [-0.2, -0.15) is 0 Å². The van der Waals surface area contributed by atoms with E-state index in [9.17, 15) is 22.4 Å². The van der Waals surface area contributed by atoms with Crippen LogP contribution in [0.15, 0.2) is 41.3 Å². The molecule has 0 spiro atoms. The molecule has 0 aromatic heterocycles. The Hall–Kier alpha value is -2.45. The number of carbonyl (C=O) groups is 2. The number of ether oxygens (including phenoxy) is 1. The number of sulfone groups is 1. The molecule has 0 aliphatic carbocycles. The van der Waals surface area contributed by atoms with Gasteiger partial charge in [0.15, 0.2) is 16.4 Å². The van der Waals surface area contributed by atoms with Crippen LogP contribution in [0.3, 0.4) is 0 Å². The van der Waals surface area contributed by atoms with Crippen molar-refractivity contribution in [3.05, 3.63) is 58.4 Å². The van der Waals surface area contributed by atoms with Crippen molar-refractivity contribution in [3.63, 3.8) is 0 Å². The van der Waals surface area contributed by atoms with Crippen LogP contribution in [-0.4, -0.2) is 33.2 Å². The van der Waals surface area contributed by atoms with Crippen molar-refractivity contribution in [1.29, 1.82) is 0 Å². The molecule has 2 aromatic carbocycles. The molecule has 1 N–H and O–H groups in total. The number of carbonyl (C=O) groups excluding carboxylic acids is 2. The molecule has 26 heavy (non-hydrogen) atoms. The zero-order chi connectivity index (χ0) is 19.5. The van der Waals surface area contributed by atoms with E-state index in [-0.39, 0.29) is 21.2 Å². The Morgan fingerprint density at radius 1 is 1.19 bits per heavy atom. The minimum Gasteiger partial charge on any atom is -0.452 e. The summed E-state index contributed by atoms with van der Waals surface area (Å²) in [5.41, 5.74) is 0.711. The molecule has 6 nitrogen and oxygen atoms in total. The lowest BCUT2D eigenvalue weighted by Crippen LogP contribution is -2.21. The Bertz CT molecular complexity index is 975. The van der Waals surface area contributed by atoms with Crippen LogP contribution < -0.4 is 5.32 Å². The van der Waals surface area contributed by atoms with Gasteiger partial charge in [0.05, 0.1) is 15.5 Å². The fourth-order valence-electron chi connectivity index (χ4n) is 2.02. The molecule has 9 heteroatoms. The number of amides is 1. The first kappa shape index (κ1) is 19.9. The van der Waals surface area contributed by atoms with Crippen LogP contribution >= 0.6 is 11.6 Å². The van der Waals surface area contributed by atoms with Gasteiger partial charge in [-0.05, 0) is 42.8 Å². The summed E-state index contributed by atoms with van der Waals surface area (Å²) < 4.78 is 41.2. The molecule has 0 heterocycles. The van der Waals surface area contributed by atoms with Crippen LogP contribution in [0.5, 0.6) is 0 Å². The van der Waals surface area contributed by atoms with E-state index in [1.807, 2.05) is 0 Å². The lowest BCUT2D eigenvalue weighted by atomic mass is 10.2.